The highest BCUT2D eigenvalue weighted by atomic mass is 35.5. The van der Waals surface area contributed by atoms with Crippen molar-refractivity contribution >= 4 is 40.6 Å². The van der Waals surface area contributed by atoms with E-state index < -0.39 is 0 Å². The molecule has 2 aromatic rings. The van der Waals surface area contributed by atoms with Crippen molar-refractivity contribution in [2.24, 2.45) is 0 Å². The number of carbonyl (C=O) groups is 1. The van der Waals surface area contributed by atoms with Gasteiger partial charge < -0.3 is 9.47 Å². The van der Waals surface area contributed by atoms with Gasteiger partial charge in [0, 0.05) is 5.56 Å². The quantitative estimate of drug-likeness (QED) is 0.740. The van der Waals surface area contributed by atoms with E-state index in [-0.39, 0.29) is 16.6 Å². The molecule has 110 valence electrons. The zero-order valence-corrected chi connectivity index (χ0v) is 13.5. The number of hydrogen-bond donors (Lipinski definition) is 0. The maximum atomic E-state index is 12.6. The Balaban J connectivity index is 2.52. The first-order valence-corrected chi connectivity index (χ1v) is 7.03. The summed E-state index contributed by atoms with van der Waals surface area (Å²) in [6.07, 6.45) is 0. The van der Waals surface area contributed by atoms with Crippen molar-refractivity contribution in [2.45, 2.75) is 0 Å². The van der Waals surface area contributed by atoms with Crippen molar-refractivity contribution < 1.29 is 14.3 Å². The summed E-state index contributed by atoms with van der Waals surface area (Å²) in [5, 5.41) is 0.931. The van der Waals surface area contributed by atoms with Gasteiger partial charge in [-0.2, -0.15) is 0 Å². The number of hydrogen-bond acceptors (Lipinski definition) is 3. The molecular formula is C15H11Cl3O3. The minimum absolute atomic E-state index is 0.242. The van der Waals surface area contributed by atoms with Crippen LogP contribution in [0.25, 0.3) is 0 Å². The van der Waals surface area contributed by atoms with Crippen molar-refractivity contribution in [3.05, 3.63) is 56.5 Å². The van der Waals surface area contributed by atoms with E-state index in [1.165, 1.54) is 20.3 Å². The number of rotatable bonds is 4. The lowest BCUT2D eigenvalue weighted by molar-refractivity contribution is 0.103. The molecule has 0 heterocycles. The fourth-order valence-corrected chi connectivity index (χ4v) is 2.48. The zero-order chi connectivity index (χ0) is 15.6. The van der Waals surface area contributed by atoms with Gasteiger partial charge >= 0.3 is 0 Å². The predicted molar refractivity (Wildman–Crippen MR) is 84.5 cm³/mol. The Morgan fingerprint density at radius 1 is 0.952 bits per heavy atom. The molecule has 0 radical (unpaired) electrons. The van der Waals surface area contributed by atoms with Crippen LogP contribution in [0.3, 0.4) is 0 Å². The minimum Gasteiger partial charge on any atom is -0.495 e. The summed E-state index contributed by atoms with van der Waals surface area (Å²) in [6, 6.07) is 7.86. The van der Waals surface area contributed by atoms with Gasteiger partial charge in [0.1, 0.15) is 10.8 Å². The van der Waals surface area contributed by atoms with Gasteiger partial charge in [-0.1, -0.05) is 34.8 Å². The fourth-order valence-electron chi connectivity index (χ4n) is 1.87. The average molecular weight is 346 g/mol. The van der Waals surface area contributed by atoms with E-state index in [1.807, 2.05) is 0 Å². The lowest BCUT2D eigenvalue weighted by atomic mass is 10.0. The lowest BCUT2D eigenvalue weighted by Crippen LogP contribution is -2.05. The van der Waals surface area contributed by atoms with Crippen molar-refractivity contribution in [1.82, 2.24) is 0 Å². The zero-order valence-electron chi connectivity index (χ0n) is 11.2. The topological polar surface area (TPSA) is 35.5 Å². The van der Waals surface area contributed by atoms with Crippen LogP contribution in [0.15, 0.2) is 30.3 Å². The number of carbonyl (C=O) groups excluding carboxylic acids is 1. The second kappa shape index (κ2) is 6.56. The molecule has 2 rings (SSSR count). The summed E-state index contributed by atoms with van der Waals surface area (Å²) in [7, 11) is 2.92. The summed E-state index contributed by atoms with van der Waals surface area (Å²) < 4.78 is 10.3. The second-order valence-corrected chi connectivity index (χ2v) is 5.31. The third-order valence-electron chi connectivity index (χ3n) is 2.91. The molecule has 0 amide bonds. The van der Waals surface area contributed by atoms with Crippen LogP contribution in [-0.4, -0.2) is 20.0 Å². The van der Waals surface area contributed by atoms with Gasteiger partial charge in [0.2, 0.25) is 0 Å². The molecule has 0 saturated heterocycles. The van der Waals surface area contributed by atoms with Gasteiger partial charge in [-0.05, 0) is 30.3 Å². The predicted octanol–water partition coefficient (Wildman–Crippen LogP) is 4.90. The molecule has 0 unspecified atom stereocenters. The van der Waals surface area contributed by atoms with Crippen molar-refractivity contribution in [3.8, 4) is 11.5 Å². The molecule has 2 aromatic carbocycles. The Morgan fingerprint density at radius 3 is 2.24 bits per heavy atom. The molecule has 0 saturated carbocycles. The highest BCUT2D eigenvalue weighted by Gasteiger charge is 2.20. The van der Waals surface area contributed by atoms with Crippen molar-refractivity contribution in [3.63, 3.8) is 0 Å². The molecule has 0 N–H and O–H groups in total. The van der Waals surface area contributed by atoms with E-state index in [4.69, 9.17) is 44.3 Å². The highest BCUT2D eigenvalue weighted by Crippen LogP contribution is 2.38. The molecular weight excluding hydrogens is 335 g/mol. The molecule has 0 atom stereocenters. The fraction of sp³-hybridized carbons (Fsp3) is 0.133. The minimum atomic E-state index is -0.269. The SMILES string of the molecule is COc1ccc(C(=O)c2ccc(Cl)c(Cl)c2)c(OC)c1Cl. The number of halogens is 3. The normalized spacial score (nSPS) is 10.3. The van der Waals surface area contributed by atoms with Crippen molar-refractivity contribution in [1.29, 1.82) is 0 Å². The summed E-state index contributed by atoms with van der Waals surface area (Å²) in [4.78, 5) is 12.6. The smallest absolute Gasteiger partial charge is 0.196 e. The molecule has 0 bridgehead atoms. The first kappa shape index (κ1) is 16.0. The van der Waals surface area contributed by atoms with E-state index in [0.29, 0.717) is 26.9 Å². The first-order valence-electron chi connectivity index (χ1n) is 5.89. The Kier molecular flexibility index (Phi) is 4.99. The maximum absolute atomic E-state index is 12.6. The molecule has 0 spiro atoms. The van der Waals surface area contributed by atoms with Crippen LogP contribution in [0.1, 0.15) is 15.9 Å². The monoisotopic (exact) mass is 344 g/mol. The summed E-state index contributed by atoms with van der Waals surface area (Å²) in [6.45, 7) is 0. The Hall–Kier alpha value is -1.42. The largest absolute Gasteiger partial charge is 0.495 e. The Bertz CT molecular complexity index is 699. The number of methoxy groups -OCH3 is 2. The summed E-state index contributed by atoms with van der Waals surface area (Å²) in [5.41, 5.74) is 0.714. The van der Waals surface area contributed by atoms with Crippen LogP contribution in [-0.2, 0) is 0 Å². The molecule has 6 heteroatoms. The van der Waals surface area contributed by atoms with Gasteiger partial charge in [0.05, 0.1) is 29.8 Å². The third kappa shape index (κ3) is 3.10. The number of ether oxygens (including phenoxy) is 2. The van der Waals surface area contributed by atoms with Crippen LogP contribution < -0.4 is 9.47 Å². The molecule has 3 nitrogen and oxygen atoms in total. The Labute approximate surface area is 137 Å². The van der Waals surface area contributed by atoms with E-state index in [0.717, 1.165) is 0 Å². The summed E-state index contributed by atoms with van der Waals surface area (Å²) >= 11 is 17.9. The van der Waals surface area contributed by atoms with Crippen LogP contribution in [0.4, 0.5) is 0 Å². The molecule has 21 heavy (non-hydrogen) atoms. The lowest BCUT2D eigenvalue weighted by Gasteiger charge is -2.12. The number of ketones is 1. The van der Waals surface area contributed by atoms with E-state index in [9.17, 15) is 4.79 Å². The van der Waals surface area contributed by atoms with Crippen LogP contribution >= 0.6 is 34.8 Å². The molecule has 0 aliphatic carbocycles. The molecule has 0 aromatic heterocycles. The van der Waals surface area contributed by atoms with Crippen molar-refractivity contribution in [2.75, 3.05) is 14.2 Å². The molecule has 0 fully saturated rings. The van der Waals surface area contributed by atoms with Crippen LogP contribution in [0, 0.1) is 0 Å². The van der Waals surface area contributed by atoms with Gasteiger partial charge in [0.15, 0.2) is 11.5 Å². The molecule has 0 aliphatic rings. The van der Waals surface area contributed by atoms with Gasteiger partial charge in [-0.25, -0.2) is 0 Å². The van der Waals surface area contributed by atoms with E-state index >= 15 is 0 Å². The highest BCUT2D eigenvalue weighted by molar-refractivity contribution is 6.42. The average Bonchev–Trinajstić information content (AvgIpc) is 2.49. The maximum Gasteiger partial charge on any atom is 0.196 e. The summed E-state index contributed by atoms with van der Waals surface area (Å²) in [5.74, 6) is 0.418. The Morgan fingerprint density at radius 2 is 1.67 bits per heavy atom. The molecule has 0 aliphatic heterocycles. The second-order valence-electron chi connectivity index (χ2n) is 4.12. The first-order chi connectivity index (χ1) is 9.99. The standard InChI is InChI=1S/C15H11Cl3O3/c1-20-12-6-4-9(15(21-2)13(12)18)14(19)8-3-5-10(16)11(17)7-8/h3-7H,1-2H3. The third-order valence-corrected chi connectivity index (χ3v) is 4.01. The van der Waals surface area contributed by atoms with Gasteiger partial charge in [-0.3, -0.25) is 4.79 Å². The van der Waals surface area contributed by atoms with Crippen LogP contribution in [0.5, 0.6) is 11.5 Å². The van der Waals surface area contributed by atoms with Crippen LogP contribution in [0.2, 0.25) is 15.1 Å². The van der Waals surface area contributed by atoms with E-state index in [2.05, 4.69) is 0 Å². The van der Waals surface area contributed by atoms with Gasteiger partial charge in [-0.15, -0.1) is 0 Å². The number of benzene rings is 2. The van der Waals surface area contributed by atoms with Gasteiger partial charge in [0.25, 0.3) is 0 Å². The van der Waals surface area contributed by atoms with E-state index in [1.54, 1.807) is 24.3 Å².